The van der Waals surface area contributed by atoms with Crippen molar-refractivity contribution in [2.24, 2.45) is 13.0 Å². The van der Waals surface area contributed by atoms with E-state index in [9.17, 15) is 9.59 Å². The average Bonchev–Trinajstić information content (AvgIpc) is 2.96. The molecule has 0 aliphatic heterocycles. The summed E-state index contributed by atoms with van der Waals surface area (Å²) in [6, 6.07) is 10.7. The number of aryl methyl sites for hydroxylation is 1. The van der Waals surface area contributed by atoms with Gasteiger partial charge in [-0.25, -0.2) is 0 Å². The van der Waals surface area contributed by atoms with E-state index in [2.05, 4.69) is 10.4 Å². The van der Waals surface area contributed by atoms with Crippen molar-refractivity contribution in [2.45, 2.75) is 20.3 Å². The van der Waals surface area contributed by atoms with Crippen LogP contribution < -0.4 is 5.32 Å². The maximum atomic E-state index is 12.7. The van der Waals surface area contributed by atoms with Crippen LogP contribution in [0.2, 0.25) is 10.0 Å². The topological polar surface area (TPSA) is 64.0 Å². The van der Waals surface area contributed by atoms with E-state index in [4.69, 9.17) is 23.2 Å². The predicted octanol–water partition coefficient (Wildman–Crippen LogP) is 4.90. The molecule has 140 valence electrons. The predicted molar refractivity (Wildman–Crippen MR) is 109 cm³/mol. The number of hydrogen-bond acceptors (Lipinski definition) is 3. The highest BCUT2D eigenvalue weighted by molar-refractivity contribution is 6.36. The second-order valence-corrected chi connectivity index (χ2v) is 7.48. The summed E-state index contributed by atoms with van der Waals surface area (Å²) in [7, 11) is 1.78. The van der Waals surface area contributed by atoms with Crippen LogP contribution in [0, 0.1) is 5.92 Å². The lowest BCUT2D eigenvalue weighted by atomic mass is 10.0. The molecular formula is C20H19Cl2N3O2. The number of aromatic nitrogens is 2. The molecule has 0 aliphatic carbocycles. The van der Waals surface area contributed by atoms with Gasteiger partial charge in [-0.05, 0) is 23.8 Å². The maximum absolute atomic E-state index is 12.7. The SMILES string of the molecule is CC(C)C(=O)Cc1cc(Cl)c(NC(=O)c2nn(C)c3ccccc23)cc1Cl. The Balaban J connectivity index is 1.88. The van der Waals surface area contributed by atoms with E-state index in [1.54, 1.807) is 23.9 Å². The number of hydrogen-bond donors (Lipinski definition) is 1. The fourth-order valence-corrected chi connectivity index (χ4v) is 3.24. The number of carbonyl (C=O) groups excluding carboxylic acids is 2. The zero-order chi connectivity index (χ0) is 19.7. The number of halogens is 2. The summed E-state index contributed by atoms with van der Waals surface area (Å²) >= 11 is 12.6. The molecule has 1 N–H and O–H groups in total. The van der Waals surface area contributed by atoms with Gasteiger partial charge in [0.15, 0.2) is 5.69 Å². The van der Waals surface area contributed by atoms with Crippen LogP contribution in [0.25, 0.3) is 10.9 Å². The molecule has 0 radical (unpaired) electrons. The lowest BCUT2D eigenvalue weighted by molar-refractivity contribution is -0.121. The molecule has 3 aromatic rings. The number of rotatable bonds is 5. The molecule has 1 heterocycles. The minimum atomic E-state index is -0.379. The van der Waals surface area contributed by atoms with Crippen molar-refractivity contribution >= 4 is 51.5 Å². The molecule has 0 saturated heterocycles. The Kier molecular flexibility index (Phi) is 5.53. The number of Topliss-reactive ketones (excluding diaryl/α,β-unsaturated/α-hetero) is 1. The number of nitrogens with zero attached hydrogens (tertiary/aromatic N) is 2. The summed E-state index contributed by atoms with van der Waals surface area (Å²) in [6.07, 6.45) is 0.204. The third-order valence-electron chi connectivity index (χ3n) is 4.37. The van der Waals surface area contributed by atoms with Crippen molar-refractivity contribution in [3.8, 4) is 0 Å². The second kappa shape index (κ2) is 7.71. The van der Waals surface area contributed by atoms with E-state index >= 15 is 0 Å². The Bertz CT molecular complexity index is 1040. The van der Waals surface area contributed by atoms with Gasteiger partial charge in [-0.1, -0.05) is 55.2 Å². The first-order valence-corrected chi connectivity index (χ1v) is 9.27. The van der Waals surface area contributed by atoms with Gasteiger partial charge in [0.2, 0.25) is 0 Å². The number of carbonyl (C=O) groups is 2. The van der Waals surface area contributed by atoms with Crippen molar-refractivity contribution in [3.63, 3.8) is 0 Å². The zero-order valence-corrected chi connectivity index (χ0v) is 16.7. The molecule has 5 nitrogen and oxygen atoms in total. The first-order valence-electron chi connectivity index (χ1n) is 8.51. The summed E-state index contributed by atoms with van der Waals surface area (Å²) in [5, 5.41) is 8.51. The van der Waals surface area contributed by atoms with Crippen molar-refractivity contribution in [2.75, 3.05) is 5.32 Å². The van der Waals surface area contributed by atoms with E-state index in [0.29, 0.717) is 27.0 Å². The molecule has 0 unspecified atom stereocenters. The fourth-order valence-electron chi connectivity index (χ4n) is 2.77. The van der Waals surface area contributed by atoms with Gasteiger partial charge in [0.1, 0.15) is 5.78 Å². The fraction of sp³-hybridized carbons (Fsp3) is 0.250. The lowest BCUT2D eigenvalue weighted by Crippen LogP contribution is -2.14. The van der Waals surface area contributed by atoms with Crippen molar-refractivity contribution < 1.29 is 9.59 Å². The Morgan fingerprint density at radius 1 is 1.15 bits per heavy atom. The lowest BCUT2D eigenvalue weighted by Gasteiger charge is -2.11. The van der Waals surface area contributed by atoms with Gasteiger partial charge in [-0.2, -0.15) is 5.10 Å². The molecule has 2 aromatic carbocycles. The van der Waals surface area contributed by atoms with E-state index in [-0.39, 0.29) is 24.0 Å². The van der Waals surface area contributed by atoms with Crippen molar-refractivity contribution in [1.82, 2.24) is 9.78 Å². The van der Waals surface area contributed by atoms with Gasteiger partial charge in [-0.3, -0.25) is 14.3 Å². The van der Waals surface area contributed by atoms with E-state index in [1.165, 1.54) is 0 Å². The number of amides is 1. The van der Waals surface area contributed by atoms with Gasteiger partial charge in [0, 0.05) is 29.8 Å². The van der Waals surface area contributed by atoms with Crippen LogP contribution in [0.5, 0.6) is 0 Å². The molecule has 0 aliphatic rings. The van der Waals surface area contributed by atoms with Crippen molar-refractivity contribution in [1.29, 1.82) is 0 Å². The van der Waals surface area contributed by atoms with Crippen LogP contribution in [0.1, 0.15) is 29.9 Å². The van der Waals surface area contributed by atoms with E-state index < -0.39 is 0 Å². The van der Waals surface area contributed by atoms with Crippen LogP contribution in [0.3, 0.4) is 0 Å². The first-order chi connectivity index (χ1) is 12.8. The highest BCUT2D eigenvalue weighted by Crippen LogP contribution is 2.31. The summed E-state index contributed by atoms with van der Waals surface area (Å²) in [5.41, 5.74) is 2.18. The third-order valence-corrected chi connectivity index (χ3v) is 5.03. The molecule has 0 atom stereocenters. The molecule has 7 heteroatoms. The Morgan fingerprint density at radius 3 is 2.56 bits per heavy atom. The average molecular weight is 404 g/mol. The smallest absolute Gasteiger partial charge is 0.276 e. The molecule has 0 fully saturated rings. The van der Waals surface area contributed by atoms with E-state index in [0.717, 1.165) is 10.9 Å². The molecule has 27 heavy (non-hydrogen) atoms. The third kappa shape index (κ3) is 3.99. The molecule has 1 aromatic heterocycles. The quantitative estimate of drug-likeness (QED) is 0.658. The summed E-state index contributed by atoms with van der Waals surface area (Å²) < 4.78 is 1.65. The number of anilines is 1. The molecule has 1 amide bonds. The Labute approximate surface area is 167 Å². The van der Waals surface area contributed by atoms with E-state index in [1.807, 2.05) is 38.1 Å². The van der Waals surface area contributed by atoms with Gasteiger partial charge >= 0.3 is 0 Å². The van der Waals surface area contributed by atoms with Crippen LogP contribution >= 0.6 is 23.2 Å². The molecule has 0 bridgehead atoms. The normalized spacial score (nSPS) is 11.2. The van der Waals surface area contributed by atoms with Crippen molar-refractivity contribution in [3.05, 3.63) is 57.7 Å². The second-order valence-electron chi connectivity index (χ2n) is 6.66. The summed E-state index contributed by atoms with van der Waals surface area (Å²) in [4.78, 5) is 24.7. The largest absolute Gasteiger partial charge is 0.319 e. The highest BCUT2D eigenvalue weighted by Gasteiger charge is 2.18. The highest BCUT2D eigenvalue weighted by atomic mass is 35.5. The monoisotopic (exact) mass is 403 g/mol. The number of benzene rings is 2. The summed E-state index contributed by atoms with van der Waals surface area (Å²) in [6.45, 7) is 3.67. The van der Waals surface area contributed by atoms with Crippen LogP contribution in [0.15, 0.2) is 36.4 Å². The maximum Gasteiger partial charge on any atom is 0.276 e. The van der Waals surface area contributed by atoms with Gasteiger partial charge in [-0.15, -0.1) is 0 Å². The Morgan fingerprint density at radius 2 is 1.85 bits per heavy atom. The minimum Gasteiger partial charge on any atom is -0.319 e. The number of fused-ring (bicyclic) bond motifs is 1. The van der Waals surface area contributed by atoms with Crippen LogP contribution in [-0.2, 0) is 18.3 Å². The molecule has 3 rings (SSSR count). The molecule has 0 saturated carbocycles. The number of ketones is 1. The van der Waals surface area contributed by atoms with Crippen LogP contribution in [-0.4, -0.2) is 21.5 Å². The zero-order valence-electron chi connectivity index (χ0n) is 15.2. The minimum absolute atomic E-state index is 0.0738. The van der Waals surface area contributed by atoms with Gasteiger partial charge < -0.3 is 5.32 Å². The first kappa shape index (κ1) is 19.4. The summed E-state index contributed by atoms with van der Waals surface area (Å²) in [5.74, 6) is -0.392. The Hall–Kier alpha value is -2.37. The van der Waals surface area contributed by atoms with Gasteiger partial charge in [0.05, 0.1) is 16.2 Å². The van der Waals surface area contributed by atoms with Crippen LogP contribution in [0.4, 0.5) is 5.69 Å². The number of nitrogens with one attached hydrogen (secondary N) is 1. The molecule has 0 spiro atoms. The number of para-hydroxylation sites is 1. The molecular weight excluding hydrogens is 385 g/mol. The van der Waals surface area contributed by atoms with Gasteiger partial charge in [0.25, 0.3) is 5.91 Å². The standard InChI is InChI=1S/C20H19Cl2N3O2/c1-11(2)18(26)9-12-8-15(22)16(10-14(12)21)23-20(27)19-13-6-4-5-7-17(13)25(3)24-19/h4-8,10-11H,9H2,1-3H3,(H,23,27).